The Morgan fingerprint density at radius 2 is 2.11 bits per heavy atom. The van der Waals surface area contributed by atoms with Crippen molar-refractivity contribution in [2.45, 2.75) is 19.4 Å². The van der Waals surface area contributed by atoms with Gasteiger partial charge in [0.05, 0.1) is 19.1 Å². The fourth-order valence-corrected chi connectivity index (χ4v) is 2.02. The van der Waals surface area contributed by atoms with Gasteiger partial charge in [-0.05, 0) is 24.1 Å². The zero-order valence-electron chi connectivity index (χ0n) is 10.9. The third-order valence-electron chi connectivity index (χ3n) is 3.40. The highest BCUT2D eigenvalue weighted by atomic mass is 16.5. The fraction of sp³-hybridized carbons (Fsp3) is 0.500. The van der Waals surface area contributed by atoms with E-state index >= 15 is 0 Å². The summed E-state index contributed by atoms with van der Waals surface area (Å²) in [5, 5.41) is 6.21. The van der Waals surface area contributed by atoms with Crippen LogP contribution in [0.4, 0.5) is 0 Å². The van der Waals surface area contributed by atoms with Gasteiger partial charge in [0.15, 0.2) is 0 Å². The summed E-state index contributed by atoms with van der Waals surface area (Å²) in [7, 11) is 1.65. The van der Waals surface area contributed by atoms with Crippen LogP contribution in [0, 0.1) is 5.92 Å². The highest BCUT2D eigenvalue weighted by molar-refractivity contribution is 5.80. The van der Waals surface area contributed by atoms with Crippen LogP contribution in [-0.4, -0.2) is 26.1 Å². The molecule has 1 unspecified atom stereocenters. The van der Waals surface area contributed by atoms with Crippen molar-refractivity contribution in [3.63, 3.8) is 0 Å². The maximum absolute atomic E-state index is 11.9. The number of methoxy groups -OCH3 is 1. The van der Waals surface area contributed by atoms with Crippen molar-refractivity contribution in [3.05, 3.63) is 29.8 Å². The van der Waals surface area contributed by atoms with Crippen LogP contribution in [-0.2, 0) is 4.79 Å². The van der Waals surface area contributed by atoms with Crippen LogP contribution in [0.2, 0.25) is 0 Å². The van der Waals surface area contributed by atoms with Gasteiger partial charge in [-0.15, -0.1) is 0 Å². The summed E-state index contributed by atoms with van der Waals surface area (Å²) >= 11 is 0. The summed E-state index contributed by atoms with van der Waals surface area (Å²) in [5.41, 5.74) is 1.12. The Hall–Kier alpha value is -1.55. The summed E-state index contributed by atoms with van der Waals surface area (Å²) in [4.78, 5) is 11.9. The minimum absolute atomic E-state index is 0.0870. The van der Waals surface area contributed by atoms with Gasteiger partial charge in [-0.3, -0.25) is 4.79 Å². The maximum Gasteiger partial charge on any atom is 0.226 e. The first-order chi connectivity index (χ1) is 8.74. The van der Waals surface area contributed by atoms with Gasteiger partial charge < -0.3 is 15.4 Å². The minimum Gasteiger partial charge on any atom is -0.497 e. The van der Waals surface area contributed by atoms with E-state index in [0.29, 0.717) is 0 Å². The number of rotatable bonds is 5. The molecular weight excluding hydrogens is 228 g/mol. The van der Waals surface area contributed by atoms with Gasteiger partial charge >= 0.3 is 0 Å². The molecule has 4 nitrogen and oxygen atoms in total. The monoisotopic (exact) mass is 248 g/mol. The van der Waals surface area contributed by atoms with Gasteiger partial charge in [-0.1, -0.05) is 19.1 Å². The highest BCUT2D eigenvalue weighted by Gasteiger charge is 2.26. The van der Waals surface area contributed by atoms with Crippen molar-refractivity contribution >= 4 is 5.91 Å². The molecule has 0 aromatic heterocycles. The first-order valence-corrected chi connectivity index (χ1v) is 6.39. The van der Waals surface area contributed by atoms with Crippen LogP contribution in [0.3, 0.4) is 0 Å². The van der Waals surface area contributed by atoms with Crippen molar-refractivity contribution in [3.8, 4) is 5.75 Å². The standard InChI is InChI=1S/C14H20N2O2/c1-3-13(16-14(17)11-8-15-9-11)10-4-6-12(18-2)7-5-10/h4-7,11,13,15H,3,8-9H2,1-2H3,(H,16,17). The predicted octanol–water partition coefficient (Wildman–Crippen LogP) is 1.48. The summed E-state index contributed by atoms with van der Waals surface area (Å²) in [5.74, 6) is 1.12. The number of amides is 1. The number of nitrogens with one attached hydrogen (secondary N) is 2. The second-order valence-corrected chi connectivity index (χ2v) is 4.60. The van der Waals surface area contributed by atoms with Gasteiger partial charge in [0.2, 0.25) is 5.91 Å². The molecule has 1 fully saturated rings. The van der Waals surface area contributed by atoms with E-state index in [-0.39, 0.29) is 17.9 Å². The van der Waals surface area contributed by atoms with E-state index in [0.717, 1.165) is 30.8 Å². The quantitative estimate of drug-likeness (QED) is 0.830. The zero-order chi connectivity index (χ0) is 13.0. The Kier molecular flexibility index (Phi) is 4.20. The minimum atomic E-state index is 0.0870. The summed E-state index contributed by atoms with van der Waals surface area (Å²) < 4.78 is 5.13. The van der Waals surface area contributed by atoms with Crippen molar-refractivity contribution < 1.29 is 9.53 Å². The first-order valence-electron chi connectivity index (χ1n) is 6.39. The largest absolute Gasteiger partial charge is 0.497 e. The van der Waals surface area contributed by atoms with Crippen molar-refractivity contribution in [1.82, 2.24) is 10.6 Å². The molecule has 4 heteroatoms. The van der Waals surface area contributed by atoms with Crippen molar-refractivity contribution in [2.24, 2.45) is 5.92 Å². The average molecular weight is 248 g/mol. The fourth-order valence-electron chi connectivity index (χ4n) is 2.02. The van der Waals surface area contributed by atoms with E-state index in [1.165, 1.54) is 0 Å². The van der Waals surface area contributed by atoms with Gasteiger partial charge in [-0.2, -0.15) is 0 Å². The van der Waals surface area contributed by atoms with Crippen LogP contribution in [0.1, 0.15) is 24.9 Å². The van der Waals surface area contributed by atoms with E-state index in [2.05, 4.69) is 17.6 Å². The summed E-state index contributed by atoms with van der Waals surface area (Å²) in [6, 6.07) is 7.95. The van der Waals surface area contributed by atoms with Gasteiger partial charge in [0.1, 0.15) is 5.75 Å². The molecule has 98 valence electrons. The van der Waals surface area contributed by atoms with Gasteiger partial charge in [0, 0.05) is 13.1 Å². The van der Waals surface area contributed by atoms with Crippen LogP contribution in [0.5, 0.6) is 5.75 Å². The third-order valence-corrected chi connectivity index (χ3v) is 3.40. The lowest BCUT2D eigenvalue weighted by molar-refractivity contribution is -0.127. The molecule has 1 atom stereocenters. The molecule has 0 spiro atoms. The molecule has 2 rings (SSSR count). The molecule has 2 N–H and O–H groups in total. The molecule has 1 saturated heterocycles. The topological polar surface area (TPSA) is 50.4 Å². The molecule has 1 aromatic carbocycles. The Bertz CT molecular complexity index is 399. The Balaban J connectivity index is 2.00. The number of carbonyl (C=O) groups excluding carboxylic acids is 1. The molecular formula is C14H20N2O2. The Labute approximate surface area is 108 Å². The second-order valence-electron chi connectivity index (χ2n) is 4.60. The number of hydrogen-bond acceptors (Lipinski definition) is 3. The number of carbonyl (C=O) groups is 1. The maximum atomic E-state index is 11.9. The molecule has 1 aromatic rings. The summed E-state index contributed by atoms with van der Waals surface area (Å²) in [6.07, 6.45) is 0.887. The number of ether oxygens (including phenoxy) is 1. The molecule has 0 aliphatic carbocycles. The smallest absolute Gasteiger partial charge is 0.226 e. The normalized spacial score (nSPS) is 16.8. The van der Waals surface area contributed by atoms with Crippen LogP contribution >= 0.6 is 0 Å². The average Bonchev–Trinajstić information content (AvgIpc) is 2.34. The molecule has 1 amide bonds. The molecule has 0 radical (unpaired) electrons. The number of benzene rings is 1. The number of hydrogen-bond donors (Lipinski definition) is 2. The van der Waals surface area contributed by atoms with E-state index < -0.39 is 0 Å². The second kappa shape index (κ2) is 5.87. The van der Waals surface area contributed by atoms with E-state index in [1.807, 2.05) is 24.3 Å². The first kappa shape index (κ1) is 12.9. The van der Waals surface area contributed by atoms with Crippen LogP contribution < -0.4 is 15.4 Å². The lowest BCUT2D eigenvalue weighted by atomic mass is 9.99. The Morgan fingerprint density at radius 3 is 2.56 bits per heavy atom. The molecule has 0 bridgehead atoms. The van der Waals surface area contributed by atoms with Gasteiger partial charge in [0.25, 0.3) is 0 Å². The summed E-state index contributed by atoms with van der Waals surface area (Å²) in [6.45, 7) is 3.67. The molecule has 1 aliphatic rings. The molecule has 1 aliphatic heterocycles. The molecule has 1 heterocycles. The third kappa shape index (κ3) is 2.82. The highest BCUT2D eigenvalue weighted by Crippen LogP contribution is 2.20. The van der Waals surface area contributed by atoms with Crippen molar-refractivity contribution in [2.75, 3.05) is 20.2 Å². The molecule has 18 heavy (non-hydrogen) atoms. The van der Waals surface area contributed by atoms with Crippen LogP contribution in [0.25, 0.3) is 0 Å². The Morgan fingerprint density at radius 1 is 1.44 bits per heavy atom. The van der Waals surface area contributed by atoms with E-state index in [9.17, 15) is 4.79 Å². The van der Waals surface area contributed by atoms with E-state index in [1.54, 1.807) is 7.11 Å². The lowest BCUT2D eigenvalue weighted by Crippen LogP contribution is -2.51. The lowest BCUT2D eigenvalue weighted by Gasteiger charge is -2.28. The molecule has 0 saturated carbocycles. The zero-order valence-corrected chi connectivity index (χ0v) is 10.9. The van der Waals surface area contributed by atoms with E-state index in [4.69, 9.17) is 4.74 Å². The van der Waals surface area contributed by atoms with Crippen molar-refractivity contribution in [1.29, 1.82) is 0 Å². The van der Waals surface area contributed by atoms with Crippen LogP contribution in [0.15, 0.2) is 24.3 Å². The SMILES string of the molecule is CCC(NC(=O)C1CNC1)c1ccc(OC)cc1. The van der Waals surface area contributed by atoms with Gasteiger partial charge in [-0.25, -0.2) is 0 Å². The predicted molar refractivity (Wildman–Crippen MR) is 70.5 cm³/mol.